The van der Waals surface area contributed by atoms with E-state index in [1.165, 1.54) is 18.2 Å². The highest BCUT2D eigenvalue weighted by atomic mass is 19.1. The third kappa shape index (κ3) is 4.92. The third-order valence-electron chi connectivity index (χ3n) is 6.87. The largest absolute Gasteiger partial charge is 0.479 e. The Hall–Kier alpha value is -3.31. The van der Waals surface area contributed by atoms with E-state index in [0.717, 1.165) is 66.7 Å². The molecule has 3 nitrogen and oxygen atoms in total. The fourth-order valence-corrected chi connectivity index (χ4v) is 5.17. The summed E-state index contributed by atoms with van der Waals surface area (Å²) in [5.74, 6) is -0.388. The summed E-state index contributed by atoms with van der Waals surface area (Å²) in [5, 5.41) is 0. The number of benzene rings is 2. The van der Waals surface area contributed by atoms with Gasteiger partial charge >= 0.3 is 0 Å². The molecule has 1 aliphatic heterocycles. The van der Waals surface area contributed by atoms with E-state index in [4.69, 9.17) is 4.74 Å². The van der Waals surface area contributed by atoms with Crippen molar-refractivity contribution in [1.82, 2.24) is 9.88 Å². The molecule has 0 amide bonds. The summed E-state index contributed by atoms with van der Waals surface area (Å²) in [4.78, 5) is 6.30. The Balaban J connectivity index is 1.53. The molecular weight excluding hydrogens is 442 g/mol. The van der Waals surface area contributed by atoms with Crippen molar-refractivity contribution in [3.05, 3.63) is 100 Å². The van der Waals surface area contributed by atoms with E-state index in [-0.39, 0.29) is 12.6 Å². The third-order valence-corrected chi connectivity index (χ3v) is 6.87. The summed E-state index contributed by atoms with van der Waals surface area (Å²) in [6.07, 6.45) is 7.11. The summed E-state index contributed by atoms with van der Waals surface area (Å²) in [7, 11) is 1.45. The monoisotopic (exact) mass is 472 g/mol. The molecule has 0 unspecified atom stereocenters. The summed E-state index contributed by atoms with van der Waals surface area (Å²) in [6, 6.07) is 18.7. The molecule has 1 fully saturated rings. The van der Waals surface area contributed by atoms with Gasteiger partial charge in [-0.3, -0.25) is 9.29 Å². The molecule has 5 rings (SSSR count). The van der Waals surface area contributed by atoms with Gasteiger partial charge in [0.2, 0.25) is 0 Å². The number of halogens is 2. The zero-order valence-electron chi connectivity index (χ0n) is 20.1. The van der Waals surface area contributed by atoms with Crippen molar-refractivity contribution in [3.8, 4) is 5.88 Å². The Labute approximate surface area is 205 Å². The van der Waals surface area contributed by atoms with Gasteiger partial charge in [-0.15, -0.1) is 0 Å². The number of rotatable bonds is 7. The number of nitrogens with zero attached hydrogens (tertiary/aromatic N) is 2. The number of aromatic nitrogens is 1. The molecule has 0 bridgehead atoms. The number of alkyl halides is 1. The molecule has 0 N–H and O–H groups in total. The number of ether oxygens (including phenoxy) is 1. The number of hydrogen-bond donors (Lipinski definition) is 0. The SMILES string of the molecule is COc1nccc(C2=C(c3ccc(C=C4CN(CCCF)C4)cc3)c3ccccc3CCC2)c1F. The van der Waals surface area contributed by atoms with Gasteiger partial charge in [0.25, 0.3) is 5.88 Å². The minimum atomic E-state index is -0.412. The van der Waals surface area contributed by atoms with Gasteiger partial charge in [-0.2, -0.15) is 0 Å². The lowest BCUT2D eigenvalue weighted by Crippen LogP contribution is -2.40. The van der Waals surface area contributed by atoms with Crippen LogP contribution in [-0.2, 0) is 6.42 Å². The normalized spacial score (nSPS) is 15.9. The minimum absolute atomic E-state index is 0.0231. The Bertz CT molecular complexity index is 1260. The summed E-state index contributed by atoms with van der Waals surface area (Å²) in [5.41, 5.74) is 8.64. The molecular formula is C30H30F2N2O. The van der Waals surface area contributed by atoms with Crippen LogP contribution in [-0.4, -0.2) is 43.3 Å². The van der Waals surface area contributed by atoms with E-state index in [1.54, 1.807) is 12.3 Å². The van der Waals surface area contributed by atoms with Gasteiger partial charge in [0, 0.05) is 31.4 Å². The first-order chi connectivity index (χ1) is 17.2. The Morgan fingerprint density at radius 2 is 1.80 bits per heavy atom. The van der Waals surface area contributed by atoms with E-state index < -0.39 is 5.82 Å². The molecule has 35 heavy (non-hydrogen) atoms. The molecule has 0 radical (unpaired) electrons. The first kappa shape index (κ1) is 23.4. The van der Waals surface area contributed by atoms with Crippen LogP contribution in [0.4, 0.5) is 8.78 Å². The van der Waals surface area contributed by atoms with Crippen LogP contribution >= 0.6 is 0 Å². The molecule has 2 heterocycles. The number of pyridine rings is 1. The second-order valence-corrected chi connectivity index (χ2v) is 9.22. The highest BCUT2D eigenvalue weighted by molar-refractivity contribution is 6.00. The van der Waals surface area contributed by atoms with Crippen LogP contribution < -0.4 is 4.74 Å². The van der Waals surface area contributed by atoms with E-state index >= 15 is 4.39 Å². The lowest BCUT2D eigenvalue weighted by Gasteiger charge is -2.33. The molecule has 3 aromatic rings. The molecule has 1 aromatic heterocycles. The molecule has 2 aliphatic rings. The van der Waals surface area contributed by atoms with E-state index in [1.807, 2.05) is 0 Å². The first-order valence-corrected chi connectivity index (χ1v) is 12.3. The number of allylic oxidation sites excluding steroid dienone is 1. The second kappa shape index (κ2) is 10.5. The van der Waals surface area contributed by atoms with Gasteiger partial charge in [-0.1, -0.05) is 54.6 Å². The smallest absolute Gasteiger partial charge is 0.250 e. The van der Waals surface area contributed by atoms with Gasteiger partial charge in [0.15, 0.2) is 5.82 Å². The van der Waals surface area contributed by atoms with Crippen LogP contribution in [0.2, 0.25) is 0 Å². The molecule has 2 aromatic carbocycles. The fourth-order valence-electron chi connectivity index (χ4n) is 5.17. The van der Waals surface area contributed by atoms with E-state index in [0.29, 0.717) is 12.0 Å². The van der Waals surface area contributed by atoms with Crippen molar-refractivity contribution >= 4 is 17.2 Å². The molecule has 5 heteroatoms. The van der Waals surface area contributed by atoms with Crippen LogP contribution in [0.25, 0.3) is 17.2 Å². The molecule has 1 aliphatic carbocycles. The maximum absolute atomic E-state index is 15.4. The summed E-state index contributed by atoms with van der Waals surface area (Å²) >= 11 is 0. The zero-order valence-corrected chi connectivity index (χ0v) is 20.1. The van der Waals surface area contributed by atoms with Crippen molar-refractivity contribution in [1.29, 1.82) is 0 Å². The maximum atomic E-state index is 15.4. The molecule has 180 valence electrons. The lowest BCUT2D eigenvalue weighted by atomic mass is 9.87. The van der Waals surface area contributed by atoms with E-state index in [9.17, 15) is 4.39 Å². The van der Waals surface area contributed by atoms with Crippen LogP contribution in [0, 0.1) is 5.82 Å². The van der Waals surface area contributed by atoms with Crippen molar-refractivity contribution in [2.24, 2.45) is 0 Å². The number of methoxy groups -OCH3 is 1. The molecule has 0 spiro atoms. The summed E-state index contributed by atoms with van der Waals surface area (Å²) in [6.45, 7) is 2.38. The van der Waals surface area contributed by atoms with Gasteiger partial charge in [0.1, 0.15) is 0 Å². The van der Waals surface area contributed by atoms with Crippen molar-refractivity contribution in [2.45, 2.75) is 25.7 Å². The average molecular weight is 473 g/mol. The van der Waals surface area contributed by atoms with Crippen LogP contribution in [0.1, 0.15) is 47.1 Å². The highest BCUT2D eigenvalue weighted by Crippen LogP contribution is 2.41. The zero-order chi connectivity index (χ0) is 24.2. The predicted molar refractivity (Wildman–Crippen MR) is 137 cm³/mol. The number of likely N-dealkylation sites (tertiary alicyclic amines) is 1. The molecule has 0 saturated carbocycles. The number of aryl methyl sites for hydroxylation is 1. The molecule has 0 atom stereocenters. The van der Waals surface area contributed by atoms with Crippen molar-refractivity contribution < 1.29 is 13.5 Å². The highest BCUT2D eigenvalue weighted by Gasteiger charge is 2.23. The maximum Gasteiger partial charge on any atom is 0.250 e. The topological polar surface area (TPSA) is 25.4 Å². The van der Waals surface area contributed by atoms with Crippen LogP contribution in [0.5, 0.6) is 5.88 Å². The van der Waals surface area contributed by atoms with Gasteiger partial charge in [-0.05, 0) is 70.7 Å². The Morgan fingerprint density at radius 1 is 1.00 bits per heavy atom. The van der Waals surface area contributed by atoms with Crippen LogP contribution in [0.3, 0.4) is 0 Å². The quantitative estimate of drug-likeness (QED) is 0.388. The number of fused-ring (bicyclic) bond motifs is 1. The lowest BCUT2D eigenvalue weighted by molar-refractivity contribution is 0.239. The standard InChI is InChI=1S/C30H30F2N2O/c1-35-30-29(32)27(14-16-33-30)26-9-4-7-23-6-2-3-8-25(23)28(26)24-12-10-21(11-13-24)18-22-19-34(20-22)17-5-15-31/h2-3,6,8,10-14,16,18H,4-5,7,9,15,17,19-20H2,1H3. The second-order valence-electron chi connectivity index (χ2n) is 9.22. The van der Waals surface area contributed by atoms with Gasteiger partial charge < -0.3 is 4.74 Å². The summed E-state index contributed by atoms with van der Waals surface area (Å²) < 4.78 is 32.9. The average Bonchev–Trinajstić information content (AvgIpc) is 3.05. The Kier molecular flexibility index (Phi) is 7.05. The van der Waals surface area contributed by atoms with Crippen LogP contribution in [0.15, 0.2) is 66.4 Å². The fraction of sp³-hybridized carbons (Fsp3) is 0.300. The predicted octanol–water partition coefficient (Wildman–Crippen LogP) is 6.58. The Morgan fingerprint density at radius 3 is 2.57 bits per heavy atom. The van der Waals surface area contributed by atoms with E-state index in [2.05, 4.69) is 64.5 Å². The van der Waals surface area contributed by atoms with Crippen molar-refractivity contribution in [3.63, 3.8) is 0 Å². The van der Waals surface area contributed by atoms with Gasteiger partial charge in [-0.25, -0.2) is 9.37 Å². The van der Waals surface area contributed by atoms with Gasteiger partial charge in [0.05, 0.1) is 13.8 Å². The van der Waals surface area contributed by atoms with Crippen molar-refractivity contribution in [2.75, 3.05) is 33.4 Å². The number of hydrogen-bond acceptors (Lipinski definition) is 3. The minimum Gasteiger partial charge on any atom is -0.479 e. The first-order valence-electron chi connectivity index (χ1n) is 12.3. The molecule has 1 saturated heterocycles.